The lowest BCUT2D eigenvalue weighted by molar-refractivity contribution is -0.136. The monoisotopic (exact) mass is 363 g/mol. The van der Waals surface area contributed by atoms with Gasteiger partial charge in [-0.2, -0.15) is 0 Å². The van der Waals surface area contributed by atoms with E-state index in [-0.39, 0.29) is 6.54 Å². The molecule has 0 aliphatic rings. The summed E-state index contributed by atoms with van der Waals surface area (Å²) in [6.45, 7) is 1.93. The first-order valence-corrected chi connectivity index (χ1v) is 11.5. The molecule has 0 rings (SSSR count). The summed E-state index contributed by atoms with van der Waals surface area (Å²) in [5.41, 5.74) is 0. The summed E-state index contributed by atoms with van der Waals surface area (Å²) in [7, 11) is -3.25. The predicted octanol–water partition coefficient (Wildman–Crippen LogP) is 4.12. The standard InChI is InChI=1S/C18H37NO4S/c1-3-4-5-6-7-8-9-10-11-12-13-14-15-17(24(2,22)23)19-16-18(20)21/h17,19H,3-16H2,1-2H3,(H,20,21). The van der Waals surface area contributed by atoms with Crippen molar-refractivity contribution in [2.45, 2.75) is 95.8 Å². The van der Waals surface area contributed by atoms with Crippen molar-refractivity contribution in [2.75, 3.05) is 12.8 Å². The smallest absolute Gasteiger partial charge is 0.317 e. The quantitative estimate of drug-likeness (QED) is 0.380. The van der Waals surface area contributed by atoms with Crippen molar-refractivity contribution >= 4 is 15.8 Å². The van der Waals surface area contributed by atoms with E-state index < -0.39 is 21.2 Å². The van der Waals surface area contributed by atoms with Crippen LogP contribution in [-0.4, -0.2) is 37.7 Å². The van der Waals surface area contributed by atoms with Gasteiger partial charge in [0.15, 0.2) is 9.84 Å². The maximum absolute atomic E-state index is 11.6. The van der Waals surface area contributed by atoms with Crippen molar-refractivity contribution in [3.05, 3.63) is 0 Å². The summed E-state index contributed by atoms with van der Waals surface area (Å²) < 4.78 is 23.2. The highest BCUT2D eigenvalue weighted by Crippen LogP contribution is 2.14. The van der Waals surface area contributed by atoms with Gasteiger partial charge in [-0.15, -0.1) is 0 Å². The van der Waals surface area contributed by atoms with Gasteiger partial charge in [0.1, 0.15) is 5.37 Å². The van der Waals surface area contributed by atoms with Gasteiger partial charge >= 0.3 is 5.97 Å². The van der Waals surface area contributed by atoms with Gasteiger partial charge in [-0.3, -0.25) is 10.1 Å². The van der Waals surface area contributed by atoms with Crippen LogP contribution < -0.4 is 5.32 Å². The zero-order chi connectivity index (χ0) is 18.3. The first-order valence-electron chi connectivity index (χ1n) is 9.52. The Labute approximate surface area is 148 Å². The number of carbonyl (C=O) groups is 1. The van der Waals surface area contributed by atoms with Crippen molar-refractivity contribution in [1.29, 1.82) is 0 Å². The minimum Gasteiger partial charge on any atom is -0.480 e. The van der Waals surface area contributed by atoms with Crippen molar-refractivity contribution in [2.24, 2.45) is 0 Å². The molecule has 0 amide bonds. The lowest BCUT2D eigenvalue weighted by Crippen LogP contribution is -2.39. The van der Waals surface area contributed by atoms with E-state index in [1.54, 1.807) is 0 Å². The third kappa shape index (κ3) is 14.9. The molecule has 0 aromatic carbocycles. The Morgan fingerprint density at radius 3 is 1.67 bits per heavy atom. The molecule has 24 heavy (non-hydrogen) atoms. The van der Waals surface area contributed by atoms with E-state index in [1.807, 2.05) is 0 Å². The van der Waals surface area contributed by atoms with Crippen LogP contribution in [0.5, 0.6) is 0 Å². The van der Waals surface area contributed by atoms with Crippen LogP contribution in [0.4, 0.5) is 0 Å². The number of unbranched alkanes of at least 4 members (excludes halogenated alkanes) is 11. The molecular weight excluding hydrogens is 326 g/mol. The molecule has 0 radical (unpaired) electrons. The average molecular weight is 364 g/mol. The fourth-order valence-electron chi connectivity index (χ4n) is 2.84. The van der Waals surface area contributed by atoms with Crippen LogP contribution in [0.1, 0.15) is 90.4 Å². The largest absolute Gasteiger partial charge is 0.480 e. The summed E-state index contributed by atoms with van der Waals surface area (Å²) in [5.74, 6) is -1.03. The zero-order valence-electron chi connectivity index (χ0n) is 15.6. The molecule has 5 nitrogen and oxygen atoms in total. The second-order valence-corrected chi connectivity index (χ2v) is 9.00. The second kappa shape index (κ2) is 14.7. The number of nitrogens with one attached hydrogen (secondary N) is 1. The van der Waals surface area contributed by atoms with Crippen molar-refractivity contribution in [3.63, 3.8) is 0 Å². The molecule has 6 heteroatoms. The number of aliphatic carboxylic acids is 1. The molecule has 1 unspecified atom stereocenters. The number of carboxylic acid groups (broad SMARTS) is 1. The molecule has 0 aromatic rings. The zero-order valence-corrected chi connectivity index (χ0v) is 16.4. The molecule has 1 atom stereocenters. The van der Waals surface area contributed by atoms with E-state index in [9.17, 15) is 13.2 Å². The first-order chi connectivity index (χ1) is 11.4. The molecule has 0 bridgehead atoms. The number of sulfone groups is 1. The Morgan fingerprint density at radius 1 is 0.875 bits per heavy atom. The van der Waals surface area contributed by atoms with Crippen molar-refractivity contribution in [3.8, 4) is 0 Å². The van der Waals surface area contributed by atoms with Crippen LogP contribution in [0.2, 0.25) is 0 Å². The summed E-state index contributed by atoms with van der Waals surface area (Å²) >= 11 is 0. The van der Waals surface area contributed by atoms with E-state index >= 15 is 0 Å². The van der Waals surface area contributed by atoms with Gasteiger partial charge in [0.05, 0.1) is 6.54 Å². The lowest BCUT2D eigenvalue weighted by Gasteiger charge is -2.15. The van der Waals surface area contributed by atoms with Gasteiger partial charge in [0.2, 0.25) is 0 Å². The minimum atomic E-state index is -3.25. The maximum atomic E-state index is 11.6. The molecule has 0 saturated heterocycles. The molecule has 0 heterocycles. The third-order valence-corrected chi connectivity index (χ3v) is 5.75. The molecular formula is C18H37NO4S. The molecule has 0 aromatic heterocycles. The molecule has 0 aliphatic carbocycles. The Hall–Kier alpha value is -0.620. The van der Waals surface area contributed by atoms with Gasteiger partial charge in [-0.25, -0.2) is 8.42 Å². The van der Waals surface area contributed by atoms with Gasteiger partial charge in [-0.1, -0.05) is 84.0 Å². The van der Waals surface area contributed by atoms with E-state index in [1.165, 1.54) is 57.8 Å². The molecule has 0 fully saturated rings. The Morgan fingerprint density at radius 2 is 1.29 bits per heavy atom. The summed E-state index contributed by atoms with van der Waals surface area (Å²) in [4.78, 5) is 10.5. The Balaban J connectivity index is 3.57. The van der Waals surface area contributed by atoms with Gasteiger partial charge in [0.25, 0.3) is 0 Å². The van der Waals surface area contributed by atoms with Gasteiger partial charge < -0.3 is 5.11 Å². The number of hydrogen-bond donors (Lipinski definition) is 2. The lowest BCUT2D eigenvalue weighted by atomic mass is 10.0. The normalized spacial score (nSPS) is 13.1. The SMILES string of the molecule is CCCCCCCCCCCCCCC(NCC(=O)O)S(C)(=O)=O. The molecule has 144 valence electrons. The number of carboxylic acids is 1. The molecule has 0 aliphatic heterocycles. The van der Waals surface area contributed by atoms with Crippen LogP contribution in [0.25, 0.3) is 0 Å². The van der Waals surface area contributed by atoms with Gasteiger partial charge in [0, 0.05) is 6.26 Å². The number of hydrogen-bond acceptors (Lipinski definition) is 4. The maximum Gasteiger partial charge on any atom is 0.317 e. The summed E-state index contributed by atoms with van der Waals surface area (Å²) in [6.07, 6.45) is 16.5. The fraction of sp³-hybridized carbons (Fsp3) is 0.944. The van der Waals surface area contributed by atoms with Crippen LogP contribution >= 0.6 is 0 Å². The van der Waals surface area contributed by atoms with Crippen LogP contribution in [0, 0.1) is 0 Å². The summed E-state index contributed by atoms with van der Waals surface area (Å²) in [5, 5.41) is 10.5. The van der Waals surface area contributed by atoms with Gasteiger partial charge in [-0.05, 0) is 6.42 Å². The molecule has 0 spiro atoms. The Kier molecular flexibility index (Phi) is 14.3. The molecule has 2 N–H and O–H groups in total. The highest BCUT2D eigenvalue weighted by atomic mass is 32.2. The highest BCUT2D eigenvalue weighted by Gasteiger charge is 2.20. The third-order valence-electron chi connectivity index (χ3n) is 4.32. The van der Waals surface area contributed by atoms with E-state index in [4.69, 9.17) is 5.11 Å². The minimum absolute atomic E-state index is 0.310. The van der Waals surface area contributed by atoms with Crippen molar-refractivity contribution in [1.82, 2.24) is 5.32 Å². The van der Waals surface area contributed by atoms with Crippen LogP contribution in [0.15, 0.2) is 0 Å². The van der Waals surface area contributed by atoms with E-state index in [2.05, 4.69) is 12.2 Å². The average Bonchev–Trinajstić information content (AvgIpc) is 2.49. The topological polar surface area (TPSA) is 83.5 Å². The predicted molar refractivity (Wildman–Crippen MR) is 100.0 cm³/mol. The second-order valence-electron chi connectivity index (χ2n) is 6.77. The molecule has 0 saturated carbocycles. The Bertz CT molecular complexity index is 409. The van der Waals surface area contributed by atoms with E-state index in [0.29, 0.717) is 6.42 Å². The summed E-state index contributed by atoms with van der Waals surface area (Å²) in [6, 6.07) is 0. The van der Waals surface area contributed by atoms with Crippen LogP contribution in [0.3, 0.4) is 0 Å². The number of rotatable bonds is 17. The van der Waals surface area contributed by atoms with E-state index in [0.717, 1.165) is 25.5 Å². The van der Waals surface area contributed by atoms with Crippen LogP contribution in [-0.2, 0) is 14.6 Å². The fourth-order valence-corrected chi connectivity index (χ4v) is 3.82. The first kappa shape index (κ1) is 23.4. The van der Waals surface area contributed by atoms with Crippen molar-refractivity contribution < 1.29 is 18.3 Å². The highest BCUT2D eigenvalue weighted by molar-refractivity contribution is 7.91.